The molecule has 7 nitrogen and oxygen atoms in total. The summed E-state index contributed by atoms with van der Waals surface area (Å²) < 4.78 is 5.80. The Morgan fingerprint density at radius 3 is 3.29 bits per heavy atom. The lowest BCUT2D eigenvalue weighted by atomic mass is 9.94. The van der Waals surface area contributed by atoms with Gasteiger partial charge in [-0.15, -0.1) is 11.3 Å². The van der Waals surface area contributed by atoms with E-state index >= 15 is 0 Å². The summed E-state index contributed by atoms with van der Waals surface area (Å²) in [7, 11) is 0. The molecule has 1 saturated heterocycles. The normalized spacial score (nSPS) is 23.8. The van der Waals surface area contributed by atoms with Crippen molar-refractivity contribution in [3.05, 3.63) is 33.5 Å². The van der Waals surface area contributed by atoms with Gasteiger partial charge in [-0.05, 0) is 31.7 Å². The number of ether oxygens (including phenoxy) is 1. The molecule has 0 unspecified atom stereocenters. The van der Waals surface area contributed by atoms with Crippen LogP contribution in [0.2, 0.25) is 0 Å². The van der Waals surface area contributed by atoms with E-state index in [9.17, 15) is 4.79 Å². The third-order valence-electron chi connectivity index (χ3n) is 4.60. The van der Waals surface area contributed by atoms with Crippen molar-refractivity contribution in [3.63, 3.8) is 0 Å². The topological polar surface area (TPSA) is 83.1 Å². The number of hydrogen-bond donors (Lipinski definition) is 2. The number of aromatic amines is 1. The van der Waals surface area contributed by atoms with Gasteiger partial charge in [0.15, 0.2) is 0 Å². The number of carbonyl (C=O) groups is 1. The molecule has 2 atom stereocenters. The Labute approximate surface area is 144 Å². The van der Waals surface area contributed by atoms with Gasteiger partial charge in [0.1, 0.15) is 11.1 Å². The van der Waals surface area contributed by atoms with E-state index in [1.165, 1.54) is 5.56 Å². The van der Waals surface area contributed by atoms with Crippen molar-refractivity contribution >= 4 is 17.4 Å². The van der Waals surface area contributed by atoms with Crippen molar-refractivity contribution in [1.29, 1.82) is 0 Å². The number of hydrogen-bond acceptors (Lipinski definition) is 5. The van der Waals surface area contributed by atoms with E-state index in [1.807, 2.05) is 23.4 Å². The first kappa shape index (κ1) is 15.6. The number of urea groups is 1. The largest absolute Gasteiger partial charge is 0.367 e. The maximum atomic E-state index is 12.7. The summed E-state index contributed by atoms with van der Waals surface area (Å²) in [5.41, 5.74) is 3.26. The van der Waals surface area contributed by atoms with Gasteiger partial charge in [0.05, 0.1) is 31.1 Å². The maximum absolute atomic E-state index is 12.7. The van der Waals surface area contributed by atoms with Gasteiger partial charge in [-0.1, -0.05) is 0 Å². The number of morpholine rings is 1. The summed E-state index contributed by atoms with van der Waals surface area (Å²) >= 11 is 1.59. The van der Waals surface area contributed by atoms with Gasteiger partial charge in [-0.3, -0.25) is 5.10 Å². The summed E-state index contributed by atoms with van der Waals surface area (Å²) in [5, 5.41) is 13.3. The number of nitrogens with zero attached hydrogens (tertiary/aromatic N) is 3. The average Bonchev–Trinajstić information content (AvgIpc) is 3.24. The van der Waals surface area contributed by atoms with Crippen LogP contribution in [0.3, 0.4) is 0 Å². The zero-order chi connectivity index (χ0) is 16.5. The first-order valence-corrected chi connectivity index (χ1v) is 9.20. The molecular weight excluding hydrogens is 326 g/mol. The fourth-order valence-corrected chi connectivity index (χ4v) is 4.19. The molecule has 2 aromatic heterocycles. The van der Waals surface area contributed by atoms with Crippen LogP contribution in [0, 0.1) is 6.92 Å². The van der Waals surface area contributed by atoms with E-state index < -0.39 is 0 Å². The van der Waals surface area contributed by atoms with Crippen molar-refractivity contribution in [2.45, 2.75) is 38.3 Å². The lowest BCUT2D eigenvalue weighted by Crippen LogP contribution is -2.48. The standard InChI is InChI=1S/C16H21N5O2S/c1-10-9-24-15(18-10)13-8-21(5-6-23-13)16(22)19-12-4-2-3-11-7-17-20-14(11)12/h7,9,12-13H,2-6,8H2,1H3,(H,17,20)(H,19,22)/t12-,13+/m0/s1. The minimum Gasteiger partial charge on any atom is -0.367 e. The number of rotatable bonds is 2. The van der Waals surface area contributed by atoms with Crippen LogP contribution in [-0.2, 0) is 11.2 Å². The molecule has 2 aromatic rings. The Bertz CT molecular complexity index is 728. The quantitative estimate of drug-likeness (QED) is 0.873. The Morgan fingerprint density at radius 1 is 1.54 bits per heavy atom. The summed E-state index contributed by atoms with van der Waals surface area (Å²) in [6.45, 7) is 3.66. The second kappa shape index (κ2) is 6.52. The molecule has 0 saturated carbocycles. The van der Waals surface area contributed by atoms with Crippen molar-refractivity contribution in [1.82, 2.24) is 25.4 Å². The number of amides is 2. The predicted molar refractivity (Wildman–Crippen MR) is 89.9 cm³/mol. The van der Waals surface area contributed by atoms with Crippen LogP contribution in [0.5, 0.6) is 0 Å². The highest BCUT2D eigenvalue weighted by Crippen LogP contribution is 2.29. The highest BCUT2D eigenvalue weighted by molar-refractivity contribution is 7.09. The van der Waals surface area contributed by atoms with Gasteiger partial charge in [0.2, 0.25) is 0 Å². The smallest absolute Gasteiger partial charge is 0.318 e. The van der Waals surface area contributed by atoms with Gasteiger partial charge in [-0.2, -0.15) is 5.10 Å². The molecular formula is C16H21N5O2S. The highest BCUT2D eigenvalue weighted by Gasteiger charge is 2.30. The number of aryl methyl sites for hydroxylation is 2. The zero-order valence-corrected chi connectivity index (χ0v) is 14.4. The molecule has 0 bridgehead atoms. The number of thiazole rings is 1. The molecule has 4 rings (SSSR count). The summed E-state index contributed by atoms with van der Waals surface area (Å²) in [6, 6.07) is -0.0174. The zero-order valence-electron chi connectivity index (χ0n) is 13.6. The Hall–Kier alpha value is -1.93. The van der Waals surface area contributed by atoms with E-state index in [4.69, 9.17) is 4.74 Å². The number of fused-ring (bicyclic) bond motifs is 1. The molecule has 0 aromatic carbocycles. The SMILES string of the molecule is Cc1csc([C@H]2CN(C(=O)N[C@H]3CCCc4cn[nH]c43)CCO2)n1. The lowest BCUT2D eigenvalue weighted by Gasteiger charge is -2.33. The summed E-state index contributed by atoms with van der Waals surface area (Å²) in [6.07, 6.45) is 4.78. The average molecular weight is 347 g/mol. The number of H-pyrrole nitrogens is 1. The van der Waals surface area contributed by atoms with Crippen LogP contribution in [0.1, 0.15) is 46.9 Å². The van der Waals surface area contributed by atoms with E-state index in [0.29, 0.717) is 19.7 Å². The fraction of sp³-hybridized carbons (Fsp3) is 0.562. The molecule has 2 amide bonds. The third kappa shape index (κ3) is 3.03. The first-order valence-electron chi connectivity index (χ1n) is 8.32. The number of nitrogens with one attached hydrogen (secondary N) is 2. The monoisotopic (exact) mass is 347 g/mol. The first-order chi connectivity index (χ1) is 11.7. The molecule has 2 aliphatic rings. The number of aromatic nitrogens is 3. The van der Waals surface area contributed by atoms with Gasteiger partial charge in [0.25, 0.3) is 0 Å². The molecule has 2 N–H and O–H groups in total. The van der Waals surface area contributed by atoms with E-state index in [2.05, 4.69) is 20.5 Å². The van der Waals surface area contributed by atoms with Crippen LogP contribution in [-0.4, -0.2) is 45.8 Å². The second-order valence-electron chi connectivity index (χ2n) is 6.34. The van der Waals surface area contributed by atoms with E-state index in [0.717, 1.165) is 35.7 Å². The van der Waals surface area contributed by atoms with Crippen LogP contribution in [0.15, 0.2) is 11.6 Å². The van der Waals surface area contributed by atoms with Crippen molar-refractivity contribution < 1.29 is 9.53 Å². The van der Waals surface area contributed by atoms with E-state index in [1.54, 1.807) is 11.3 Å². The van der Waals surface area contributed by atoms with Crippen LogP contribution in [0.25, 0.3) is 0 Å². The molecule has 0 spiro atoms. The molecule has 0 radical (unpaired) electrons. The Kier molecular flexibility index (Phi) is 4.24. The summed E-state index contributed by atoms with van der Waals surface area (Å²) in [4.78, 5) is 19.0. The minimum atomic E-state index is -0.128. The predicted octanol–water partition coefficient (Wildman–Crippen LogP) is 2.34. The molecule has 1 fully saturated rings. The van der Waals surface area contributed by atoms with Crippen molar-refractivity contribution in [3.8, 4) is 0 Å². The molecule has 128 valence electrons. The van der Waals surface area contributed by atoms with Gasteiger partial charge in [0, 0.05) is 17.6 Å². The summed E-state index contributed by atoms with van der Waals surface area (Å²) in [5.74, 6) is 0. The van der Waals surface area contributed by atoms with Gasteiger partial charge < -0.3 is 15.0 Å². The van der Waals surface area contributed by atoms with Crippen LogP contribution in [0.4, 0.5) is 4.79 Å². The maximum Gasteiger partial charge on any atom is 0.318 e. The Morgan fingerprint density at radius 2 is 2.46 bits per heavy atom. The van der Waals surface area contributed by atoms with Crippen LogP contribution < -0.4 is 5.32 Å². The van der Waals surface area contributed by atoms with E-state index in [-0.39, 0.29) is 18.2 Å². The number of carbonyl (C=O) groups excluding carboxylic acids is 1. The van der Waals surface area contributed by atoms with Crippen molar-refractivity contribution in [2.75, 3.05) is 19.7 Å². The molecule has 8 heteroatoms. The highest BCUT2D eigenvalue weighted by atomic mass is 32.1. The minimum absolute atomic E-state index is 0.0205. The van der Waals surface area contributed by atoms with Gasteiger partial charge >= 0.3 is 6.03 Å². The lowest BCUT2D eigenvalue weighted by molar-refractivity contribution is -0.0160. The Balaban J connectivity index is 1.42. The molecule has 1 aliphatic heterocycles. The van der Waals surface area contributed by atoms with Crippen molar-refractivity contribution in [2.24, 2.45) is 0 Å². The second-order valence-corrected chi connectivity index (χ2v) is 7.23. The molecule has 24 heavy (non-hydrogen) atoms. The molecule has 1 aliphatic carbocycles. The fourth-order valence-electron chi connectivity index (χ4n) is 3.35. The molecule has 3 heterocycles. The van der Waals surface area contributed by atoms with Gasteiger partial charge in [-0.25, -0.2) is 9.78 Å². The third-order valence-corrected chi connectivity index (χ3v) is 5.66. The van der Waals surface area contributed by atoms with Crippen LogP contribution >= 0.6 is 11.3 Å².